The van der Waals surface area contributed by atoms with E-state index in [0.29, 0.717) is 16.6 Å². The zero-order chi connectivity index (χ0) is 23.9. The van der Waals surface area contributed by atoms with E-state index < -0.39 is 23.2 Å². The summed E-state index contributed by atoms with van der Waals surface area (Å²) in [6, 6.07) is 12.2. The third-order valence-electron chi connectivity index (χ3n) is 5.65. The van der Waals surface area contributed by atoms with Crippen molar-refractivity contribution >= 4 is 69.1 Å². The molecule has 0 radical (unpaired) electrons. The first kappa shape index (κ1) is 23.4. The molecule has 0 bridgehead atoms. The minimum Gasteiger partial charge on any atom is -0.467 e. The van der Waals surface area contributed by atoms with Gasteiger partial charge in [-0.05, 0) is 55.4 Å². The van der Waals surface area contributed by atoms with Gasteiger partial charge in [0.05, 0.1) is 12.0 Å². The highest BCUT2D eigenvalue weighted by atomic mass is 35.5. The number of carbonyl (C=O) groups is 3. The molecule has 3 aromatic rings. The Morgan fingerprint density at radius 3 is 2.61 bits per heavy atom. The molecule has 0 saturated carbocycles. The van der Waals surface area contributed by atoms with Crippen LogP contribution in [-0.4, -0.2) is 39.7 Å². The van der Waals surface area contributed by atoms with Crippen molar-refractivity contribution in [2.24, 2.45) is 0 Å². The minimum absolute atomic E-state index is 0.256. The summed E-state index contributed by atoms with van der Waals surface area (Å²) >= 11 is 13.3. The summed E-state index contributed by atoms with van der Waals surface area (Å²) in [7, 11) is 1.22. The number of hydrogen-bond donors (Lipinski definition) is 0. The summed E-state index contributed by atoms with van der Waals surface area (Å²) in [4.78, 5) is 38.6. The lowest BCUT2D eigenvalue weighted by atomic mass is 10.1. The van der Waals surface area contributed by atoms with Crippen LogP contribution in [0.1, 0.15) is 23.7 Å². The molecule has 0 unspecified atom stereocenters. The van der Waals surface area contributed by atoms with Gasteiger partial charge in [-0.1, -0.05) is 47.5 Å². The first-order valence-electron chi connectivity index (χ1n) is 10.1. The smallest absolute Gasteiger partial charge is 0.328 e. The van der Waals surface area contributed by atoms with Crippen molar-refractivity contribution in [3.8, 4) is 0 Å². The normalized spacial score (nSPS) is 16.2. The Labute approximate surface area is 205 Å². The van der Waals surface area contributed by atoms with E-state index in [-0.39, 0.29) is 4.91 Å². The number of ether oxygens (including phenoxy) is 1. The predicted octanol–water partition coefficient (Wildman–Crippen LogP) is 5.90. The maximum absolute atomic E-state index is 13.0. The molecule has 170 valence electrons. The summed E-state index contributed by atoms with van der Waals surface area (Å²) in [6.07, 6.45) is 1.71. The number of fused-ring (bicyclic) bond motifs is 1. The second kappa shape index (κ2) is 9.25. The number of rotatable bonds is 5. The summed E-state index contributed by atoms with van der Waals surface area (Å²) in [5, 5.41) is 1.57. The van der Waals surface area contributed by atoms with E-state index in [0.717, 1.165) is 44.4 Å². The number of methoxy groups -OCH3 is 1. The van der Waals surface area contributed by atoms with Crippen molar-refractivity contribution < 1.29 is 19.1 Å². The highest BCUT2D eigenvalue weighted by Crippen LogP contribution is 2.37. The van der Waals surface area contributed by atoms with Crippen LogP contribution >= 0.6 is 35.0 Å². The van der Waals surface area contributed by atoms with Crippen LogP contribution in [0, 0.1) is 6.92 Å². The third-order valence-corrected chi connectivity index (χ3v) is 7.12. The van der Waals surface area contributed by atoms with E-state index >= 15 is 0 Å². The fraction of sp³-hybridized carbons (Fsp3) is 0.208. The summed E-state index contributed by atoms with van der Waals surface area (Å²) < 4.78 is 6.80. The standard InChI is InChI=1S/C24H20Cl2N2O4S/c1-13-18(11-21-22(29)28(24(31)33-21)14(2)23(30)32-3)17-6-4-5-7-20(17)27(13)12-15-8-9-16(25)10-19(15)26/h4-11,14H,12H2,1-3H3/b21-11+/t14-/m1/s1. The Kier molecular flexibility index (Phi) is 6.56. The van der Waals surface area contributed by atoms with E-state index in [1.54, 1.807) is 18.2 Å². The van der Waals surface area contributed by atoms with E-state index in [1.165, 1.54) is 14.0 Å². The van der Waals surface area contributed by atoms with Crippen LogP contribution in [-0.2, 0) is 20.9 Å². The third kappa shape index (κ3) is 4.28. The quantitative estimate of drug-likeness (QED) is 0.320. The molecule has 0 N–H and O–H groups in total. The lowest BCUT2D eigenvalue weighted by Crippen LogP contribution is -2.42. The lowest BCUT2D eigenvalue weighted by molar-refractivity contribution is -0.148. The lowest BCUT2D eigenvalue weighted by Gasteiger charge is -2.18. The molecule has 1 aliphatic rings. The summed E-state index contributed by atoms with van der Waals surface area (Å²) in [5.74, 6) is -1.16. The van der Waals surface area contributed by atoms with Crippen molar-refractivity contribution in [2.45, 2.75) is 26.4 Å². The minimum atomic E-state index is -0.997. The summed E-state index contributed by atoms with van der Waals surface area (Å²) in [5.41, 5.74) is 3.61. The summed E-state index contributed by atoms with van der Waals surface area (Å²) in [6.45, 7) is 3.94. The molecule has 2 heterocycles. The number of imide groups is 1. The molecule has 1 fully saturated rings. The molecule has 4 rings (SSSR count). The second-order valence-electron chi connectivity index (χ2n) is 7.59. The van der Waals surface area contributed by atoms with E-state index in [2.05, 4.69) is 4.57 Å². The van der Waals surface area contributed by atoms with Gasteiger partial charge in [0.15, 0.2) is 0 Å². The zero-order valence-corrected chi connectivity index (χ0v) is 20.4. The van der Waals surface area contributed by atoms with Crippen molar-refractivity contribution in [2.75, 3.05) is 7.11 Å². The molecule has 2 amide bonds. The van der Waals surface area contributed by atoms with Gasteiger partial charge >= 0.3 is 5.97 Å². The van der Waals surface area contributed by atoms with E-state index in [9.17, 15) is 14.4 Å². The molecule has 0 aliphatic carbocycles. The fourth-order valence-electron chi connectivity index (χ4n) is 3.88. The maximum Gasteiger partial charge on any atom is 0.328 e. The number of amides is 2. The van der Waals surface area contributed by atoms with Gasteiger partial charge in [0.2, 0.25) is 0 Å². The molecular formula is C24H20Cl2N2O4S. The number of esters is 1. The highest BCUT2D eigenvalue weighted by Gasteiger charge is 2.41. The average Bonchev–Trinajstić information content (AvgIpc) is 3.22. The monoisotopic (exact) mass is 502 g/mol. The molecule has 0 spiro atoms. The number of hydrogen-bond acceptors (Lipinski definition) is 5. The van der Waals surface area contributed by atoms with Crippen LogP contribution in [0.5, 0.6) is 0 Å². The average molecular weight is 503 g/mol. The number of halogens is 2. The topological polar surface area (TPSA) is 68.6 Å². The fourth-order valence-corrected chi connectivity index (χ4v) is 5.24. The SMILES string of the molecule is COC(=O)[C@@H](C)N1C(=O)S/C(=C/c2c(C)n(Cc3ccc(Cl)cc3Cl)c3ccccc23)C1=O. The first-order chi connectivity index (χ1) is 15.7. The van der Waals surface area contributed by atoms with Crippen molar-refractivity contribution in [1.82, 2.24) is 9.47 Å². The molecule has 6 nitrogen and oxygen atoms in total. The predicted molar refractivity (Wildman–Crippen MR) is 132 cm³/mol. The number of thioether (sulfide) groups is 1. The zero-order valence-electron chi connectivity index (χ0n) is 18.1. The number of aromatic nitrogens is 1. The van der Waals surface area contributed by atoms with E-state index in [4.69, 9.17) is 27.9 Å². The van der Waals surface area contributed by atoms with Crippen LogP contribution in [0.15, 0.2) is 47.4 Å². The largest absolute Gasteiger partial charge is 0.467 e. The molecule has 33 heavy (non-hydrogen) atoms. The first-order valence-corrected chi connectivity index (χ1v) is 11.7. The highest BCUT2D eigenvalue weighted by molar-refractivity contribution is 8.18. The Balaban J connectivity index is 1.77. The molecule has 1 saturated heterocycles. The van der Waals surface area contributed by atoms with Crippen LogP contribution in [0.2, 0.25) is 10.0 Å². The second-order valence-corrected chi connectivity index (χ2v) is 9.43. The maximum atomic E-state index is 13.0. The van der Waals surface area contributed by atoms with Crippen molar-refractivity contribution in [3.63, 3.8) is 0 Å². The van der Waals surface area contributed by atoms with Crippen LogP contribution in [0.3, 0.4) is 0 Å². The number of nitrogens with zero attached hydrogens (tertiary/aromatic N) is 2. The Bertz CT molecular complexity index is 1330. The molecule has 2 aromatic carbocycles. The molecular weight excluding hydrogens is 483 g/mol. The van der Waals surface area contributed by atoms with Gasteiger partial charge in [0.25, 0.3) is 11.1 Å². The van der Waals surface area contributed by atoms with Gasteiger partial charge in [-0.25, -0.2) is 4.79 Å². The van der Waals surface area contributed by atoms with Gasteiger partial charge in [0, 0.05) is 38.8 Å². The van der Waals surface area contributed by atoms with Crippen molar-refractivity contribution in [3.05, 3.63) is 74.2 Å². The van der Waals surface area contributed by atoms with Gasteiger partial charge in [-0.15, -0.1) is 0 Å². The van der Waals surface area contributed by atoms with Crippen LogP contribution in [0.4, 0.5) is 4.79 Å². The van der Waals surface area contributed by atoms with Gasteiger partial charge in [-0.2, -0.15) is 0 Å². The van der Waals surface area contributed by atoms with Gasteiger partial charge in [-0.3, -0.25) is 14.5 Å². The molecule has 9 heteroatoms. The number of carbonyl (C=O) groups excluding carboxylic acids is 3. The Morgan fingerprint density at radius 1 is 1.18 bits per heavy atom. The molecule has 1 aromatic heterocycles. The van der Waals surface area contributed by atoms with Crippen molar-refractivity contribution in [1.29, 1.82) is 0 Å². The molecule has 1 atom stereocenters. The van der Waals surface area contributed by atoms with Gasteiger partial charge in [0.1, 0.15) is 6.04 Å². The van der Waals surface area contributed by atoms with Crippen LogP contribution < -0.4 is 0 Å². The van der Waals surface area contributed by atoms with E-state index in [1.807, 2.05) is 37.3 Å². The van der Waals surface area contributed by atoms with Crippen LogP contribution in [0.25, 0.3) is 17.0 Å². The number of para-hydroxylation sites is 1. The molecule has 1 aliphatic heterocycles. The number of benzene rings is 2. The Morgan fingerprint density at radius 2 is 1.91 bits per heavy atom. The van der Waals surface area contributed by atoms with Gasteiger partial charge < -0.3 is 9.30 Å². The Hall–Kier alpha value is -2.74.